The maximum atomic E-state index is 12.3. The largest absolute Gasteiger partial charge is 0.478 e. The van der Waals surface area contributed by atoms with Crippen molar-refractivity contribution in [3.63, 3.8) is 0 Å². The van der Waals surface area contributed by atoms with Gasteiger partial charge in [0.15, 0.2) is 16.6 Å². The topological polar surface area (TPSA) is 146 Å². The fourth-order valence-electron chi connectivity index (χ4n) is 3.91. The molecule has 0 spiro atoms. The Kier molecular flexibility index (Phi) is 11.4. The molecule has 0 bridgehead atoms. The Morgan fingerprint density at radius 2 is 1.30 bits per heavy atom. The molecular formula is C24H36N4O7Si2. The molecule has 0 heterocycles. The molecule has 0 aliphatic carbocycles. The molecule has 0 aliphatic rings. The molecule has 37 heavy (non-hydrogen) atoms. The SMILES string of the molecule is C[Si](C)(CCCNCOc1ccc([N+](=O)[O-])cc1)O[Si](C)(C)CCCNC(=O)c1ccc([N+](=O)[O-])cc1. The second kappa shape index (κ2) is 14.0. The van der Waals surface area contributed by atoms with E-state index in [1.54, 1.807) is 12.1 Å². The second-order valence-corrected chi connectivity index (χ2v) is 18.8. The summed E-state index contributed by atoms with van der Waals surface area (Å²) < 4.78 is 12.2. The average Bonchev–Trinajstić information content (AvgIpc) is 2.83. The number of hydrogen-bond donors (Lipinski definition) is 2. The minimum absolute atomic E-state index is 0.0333. The molecule has 0 radical (unpaired) electrons. The van der Waals surface area contributed by atoms with Crippen molar-refractivity contribution >= 4 is 33.9 Å². The van der Waals surface area contributed by atoms with Crippen LogP contribution in [0.4, 0.5) is 11.4 Å². The lowest BCUT2D eigenvalue weighted by atomic mass is 10.2. The van der Waals surface area contributed by atoms with E-state index in [-0.39, 0.29) is 17.3 Å². The van der Waals surface area contributed by atoms with E-state index >= 15 is 0 Å². The number of carbonyl (C=O) groups excluding carboxylic acids is 1. The molecule has 0 unspecified atom stereocenters. The Labute approximate surface area is 219 Å². The van der Waals surface area contributed by atoms with Gasteiger partial charge in [0.1, 0.15) is 12.5 Å². The second-order valence-electron chi connectivity index (χ2n) is 9.93. The van der Waals surface area contributed by atoms with E-state index in [0.717, 1.165) is 31.5 Å². The summed E-state index contributed by atoms with van der Waals surface area (Å²) >= 11 is 0. The van der Waals surface area contributed by atoms with Crippen LogP contribution in [-0.4, -0.2) is 52.2 Å². The average molecular weight is 549 g/mol. The molecule has 0 aliphatic heterocycles. The van der Waals surface area contributed by atoms with Crippen LogP contribution in [0.1, 0.15) is 23.2 Å². The monoisotopic (exact) mass is 548 g/mol. The molecule has 2 rings (SSSR count). The van der Waals surface area contributed by atoms with Crippen LogP contribution in [0.15, 0.2) is 48.5 Å². The summed E-state index contributed by atoms with van der Waals surface area (Å²) in [6.45, 7) is 10.5. The number of amides is 1. The van der Waals surface area contributed by atoms with E-state index in [2.05, 4.69) is 36.8 Å². The molecule has 13 heteroatoms. The van der Waals surface area contributed by atoms with Crippen molar-refractivity contribution < 1.29 is 23.5 Å². The molecular weight excluding hydrogens is 512 g/mol. The van der Waals surface area contributed by atoms with Crippen LogP contribution in [0.5, 0.6) is 5.75 Å². The van der Waals surface area contributed by atoms with E-state index in [1.807, 2.05) is 0 Å². The maximum absolute atomic E-state index is 12.3. The molecule has 2 N–H and O–H groups in total. The van der Waals surface area contributed by atoms with Gasteiger partial charge < -0.3 is 14.2 Å². The van der Waals surface area contributed by atoms with Crippen LogP contribution in [0, 0.1) is 20.2 Å². The molecule has 2 aromatic carbocycles. The molecule has 2 aromatic rings. The smallest absolute Gasteiger partial charge is 0.269 e. The third-order valence-electron chi connectivity index (χ3n) is 5.65. The number of nitrogens with zero attached hydrogens (tertiary/aromatic N) is 2. The lowest BCUT2D eigenvalue weighted by Crippen LogP contribution is -2.44. The molecule has 1 amide bonds. The van der Waals surface area contributed by atoms with Gasteiger partial charge in [0.25, 0.3) is 17.3 Å². The fourth-order valence-corrected chi connectivity index (χ4v) is 12.8. The Bertz CT molecular complexity index is 1050. The van der Waals surface area contributed by atoms with E-state index in [1.165, 1.54) is 36.4 Å². The molecule has 202 valence electrons. The van der Waals surface area contributed by atoms with E-state index < -0.39 is 26.5 Å². The lowest BCUT2D eigenvalue weighted by Gasteiger charge is -2.34. The van der Waals surface area contributed by atoms with Gasteiger partial charge in [-0.1, -0.05) is 0 Å². The Balaban J connectivity index is 1.62. The number of nitro groups is 2. The van der Waals surface area contributed by atoms with Gasteiger partial charge in [0.2, 0.25) is 0 Å². The zero-order valence-corrected chi connectivity index (χ0v) is 23.8. The zero-order valence-electron chi connectivity index (χ0n) is 21.8. The number of hydrogen-bond acceptors (Lipinski definition) is 8. The number of non-ortho nitro benzene ring substituents is 2. The number of rotatable bonds is 16. The normalized spacial score (nSPS) is 11.7. The fraction of sp³-hybridized carbons (Fsp3) is 0.458. The van der Waals surface area contributed by atoms with Crippen LogP contribution in [0.2, 0.25) is 38.3 Å². The molecule has 0 fully saturated rings. The number of nitrogens with one attached hydrogen (secondary N) is 2. The lowest BCUT2D eigenvalue weighted by molar-refractivity contribution is -0.385. The first-order valence-electron chi connectivity index (χ1n) is 12.2. The summed E-state index contributed by atoms with van der Waals surface area (Å²) in [5.41, 5.74) is 0.393. The first-order valence-corrected chi connectivity index (χ1v) is 18.4. The van der Waals surface area contributed by atoms with Crippen molar-refractivity contribution in [3.05, 3.63) is 74.3 Å². The van der Waals surface area contributed by atoms with Gasteiger partial charge in [0, 0.05) is 36.4 Å². The van der Waals surface area contributed by atoms with Crippen LogP contribution in [0.3, 0.4) is 0 Å². The Morgan fingerprint density at radius 1 is 0.811 bits per heavy atom. The van der Waals surface area contributed by atoms with E-state index in [4.69, 9.17) is 8.85 Å². The van der Waals surface area contributed by atoms with Gasteiger partial charge in [0.05, 0.1) is 9.85 Å². The summed E-state index contributed by atoms with van der Waals surface area (Å²) in [7, 11) is -3.75. The first kappa shape index (κ1) is 30.1. The highest BCUT2D eigenvalue weighted by molar-refractivity contribution is 6.84. The molecule has 0 atom stereocenters. The summed E-state index contributed by atoms with van der Waals surface area (Å²) in [4.78, 5) is 32.8. The first-order chi connectivity index (χ1) is 17.4. The Hall–Kier alpha value is -3.14. The third kappa shape index (κ3) is 11.2. The molecule has 11 nitrogen and oxygen atoms in total. The standard InChI is InChI=1S/C24H36N4O7Si2/c1-36(2,17-5-15-25-19-34-23-13-11-22(12-14-23)28(32)33)35-37(3,4)18-6-16-26-24(29)20-7-9-21(10-8-20)27(30)31/h7-14,25H,5-6,15-19H2,1-4H3,(H,26,29). The summed E-state index contributed by atoms with van der Waals surface area (Å²) in [6.07, 6.45) is 1.77. The van der Waals surface area contributed by atoms with Crippen LogP contribution >= 0.6 is 0 Å². The Morgan fingerprint density at radius 3 is 1.81 bits per heavy atom. The van der Waals surface area contributed by atoms with Crippen molar-refractivity contribution in [1.29, 1.82) is 0 Å². The quantitative estimate of drug-likeness (QED) is 0.0972. The molecule has 0 saturated heterocycles. The highest BCUT2D eigenvalue weighted by atomic mass is 28.4. The van der Waals surface area contributed by atoms with Gasteiger partial charge >= 0.3 is 0 Å². The highest BCUT2D eigenvalue weighted by Gasteiger charge is 2.32. The van der Waals surface area contributed by atoms with Crippen molar-refractivity contribution in [2.24, 2.45) is 0 Å². The summed E-state index contributed by atoms with van der Waals surface area (Å²) in [5, 5.41) is 27.5. The van der Waals surface area contributed by atoms with Gasteiger partial charge in [-0.2, -0.15) is 0 Å². The molecule has 0 saturated carbocycles. The van der Waals surface area contributed by atoms with E-state index in [0.29, 0.717) is 24.6 Å². The number of carbonyl (C=O) groups is 1. The van der Waals surface area contributed by atoms with Crippen LogP contribution in [0.25, 0.3) is 0 Å². The van der Waals surface area contributed by atoms with Gasteiger partial charge in [-0.15, -0.1) is 0 Å². The van der Waals surface area contributed by atoms with E-state index in [9.17, 15) is 25.0 Å². The summed E-state index contributed by atoms with van der Waals surface area (Å²) in [6, 6.07) is 13.5. The van der Waals surface area contributed by atoms with Crippen molar-refractivity contribution in [1.82, 2.24) is 10.6 Å². The van der Waals surface area contributed by atoms with Crippen molar-refractivity contribution in [2.75, 3.05) is 19.8 Å². The molecule has 0 aromatic heterocycles. The van der Waals surface area contributed by atoms with Crippen molar-refractivity contribution in [3.8, 4) is 5.75 Å². The zero-order chi connectivity index (χ0) is 27.5. The number of benzene rings is 2. The predicted molar refractivity (Wildman–Crippen MR) is 147 cm³/mol. The summed E-state index contributed by atoms with van der Waals surface area (Å²) in [5.74, 6) is 0.336. The highest BCUT2D eigenvalue weighted by Crippen LogP contribution is 2.23. The number of ether oxygens (including phenoxy) is 1. The predicted octanol–water partition coefficient (Wildman–Crippen LogP) is 5.07. The minimum atomic E-state index is -1.90. The van der Waals surface area contributed by atoms with Gasteiger partial charge in [-0.25, -0.2) is 0 Å². The van der Waals surface area contributed by atoms with Gasteiger partial charge in [-0.3, -0.25) is 30.3 Å². The van der Waals surface area contributed by atoms with Crippen molar-refractivity contribution in [2.45, 2.75) is 51.1 Å². The number of nitro benzene ring substituents is 2. The van der Waals surface area contributed by atoms with Gasteiger partial charge in [-0.05, 0) is 81.9 Å². The van der Waals surface area contributed by atoms with Crippen LogP contribution in [-0.2, 0) is 4.12 Å². The third-order valence-corrected chi connectivity index (χ3v) is 13.2. The maximum Gasteiger partial charge on any atom is 0.269 e. The minimum Gasteiger partial charge on any atom is -0.478 e. The van der Waals surface area contributed by atoms with Crippen LogP contribution < -0.4 is 15.4 Å².